The Bertz CT molecular complexity index is 1420. The maximum absolute atomic E-state index is 13.5. The fourth-order valence-corrected chi connectivity index (χ4v) is 5.10. The lowest BCUT2D eigenvalue weighted by molar-refractivity contribution is 0.0140. The molecule has 10 nitrogen and oxygen atoms in total. The van der Waals surface area contributed by atoms with Gasteiger partial charge in [0.1, 0.15) is 5.60 Å². The van der Waals surface area contributed by atoms with E-state index in [0.29, 0.717) is 44.6 Å². The highest BCUT2D eigenvalue weighted by Gasteiger charge is 2.29. The standard InChI is InChI=1S/C32H41N5O5/c1-21(2)17-25(20-38)33-29(39)28-24(18-23-11-8-10-22-9-6-7-12-26(22)23)19-27(34-35-28)30(40)36-13-15-37(16-14-36)31(41)42-32(3,4)5/h6-12,19,21,25,38H,13-18,20H2,1-5H3,(H,33,39). The van der Waals surface area contributed by atoms with Gasteiger partial charge in [-0.25, -0.2) is 4.79 Å². The van der Waals surface area contributed by atoms with Crippen LogP contribution in [0.15, 0.2) is 48.5 Å². The number of nitrogens with zero attached hydrogens (tertiary/aromatic N) is 4. The van der Waals surface area contributed by atoms with Gasteiger partial charge in [-0.1, -0.05) is 56.3 Å². The molecule has 1 unspecified atom stereocenters. The van der Waals surface area contributed by atoms with Gasteiger partial charge in [-0.3, -0.25) is 9.59 Å². The number of aromatic nitrogens is 2. The monoisotopic (exact) mass is 575 g/mol. The lowest BCUT2D eigenvalue weighted by atomic mass is 9.97. The number of benzene rings is 2. The third-order valence-electron chi connectivity index (χ3n) is 7.10. The van der Waals surface area contributed by atoms with Crippen molar-refractivity contribution in [2.24, 2.45) is 5.92 Å². The molecule has 10 heteroatoms. The van der Waals surface area contributed by atoms with Crippen molar-refractivity contribution in [3.8, 4) is 0 Å². The Balaban J connectivity index is 1.59. The first-order valence-corrected chi connectivity index (χ1v) is 14.5. The Morgan fingerprint density at radius 3 is 2.29 bits per heavy atom. The highest BCUT2D eigenvalue weighted by Crippen LogP contribution is 2.23. The Morgan fingerprint density at radius 1 is 0.952 bits per heavy atom. The average Bonchev–Trinajstić information content (AvgIpc) is 2.95. The molecule has 3 amide bonds. The summed E-state index contributed by atoms with van der Waals surface area (Å²) in [6, 6.07) is 15.2. The normalized spacial score (nSPS) is 14.6. The minimum absolute atomic E-state index is 0.122. The number of nitrogens with one attached hydrogen (secondary N) is 1. The molecule has 1 aliphatic heterocycles. The van der Waals surface area contributed by atoms with Gasteiger partial charge in [0.25, 0.3) is 11.8 Å². The van der Waals surface area contributed by atoms with Crippen LogP contribution >= 0.6 is 0 Å². The number of ether oxygens (including phenoxy) is 1. The summed E-state index contributed by atoms with van der Waals surface area (Å²) in [4.78, 5) is 42.6. The largest absolute Gasteiger partial charge is 0.444 e. The summed E-state index contributed by atoms with van der Waals surface area (Å²) in [5.41, 5.74) is 1.21. The van der Waals surface area contributed by atoms with Crippen LogP contribution in [0.25, 0.3) is 10.8 Å². The number of aliphatic hydroxyl groups excluding tert-OH is 1. The van der Waals surface area contributed by atoms with Crippen molar-refractivity contribution in [1.29, 1.82) is 0 Å². The fourth-order valence-electron chi connectivity index (χ4n) is 5.10. The number of rotatable bonds is 8. The van der Waals surface area contributed by atoms with Gasteiger partial charge in [0, 0.05) is 32.6 Å². The summed E-state index contributed by atoms with van der Waals surface area (Å²) in [5.74, 6) is -0.479. The molecule has 4 rings (SSSR count). The number of carbonyl (C=O) groups excluding carboxylic acids is 3. The van der Waals surface area contributed by atoms with Gasteiger partial charge in [0.2, 0.25) is 0 Å². The van der Waals surface area contributed by atoms with Gasteiger partial charge in [0.15, 0.2) is 11.4 Å². The third kappa shape index (κ3) is 7.82. The van der Waals surface area contributed by atoms with Gasteiger partial charge in [-0.05, 0) is 61.1 Å². The van der Waals surface area contributed by atoms with E-state index < -0.39 is 23.6 Å². The number of hydrogen-bond donors (Lipinski definition) is 2. The van der Waals surface area contributed by atoms with Crippen LogP contribution in [0, 0.1) is 5.92 Å². The predicted octanol–water partition coefficient (Wildman–Crippen LogP) is 4.05. The predicted molar refractivity (Wildman–Crippen MR) is 160 cm³/mol. The summed E-state index contributed by atoms with van der Waals surface area (Å²) >= 11 is 0. The van der Waals surface area contributed by atoms with Crippen molar-refractivity contribution in [3.05, 3.63) is 71.0 Å². The van der Waals surface area contributed by atoms with Crippen LogP contribution in [0.1, 0.15) is 73.1 Å². The van der Waals surface area contributed by atoms with Crippen molar-refractivity contribution in [1.82, 2.24) is 25.3 Å². The van der Waals surface area contributed by atoms with Crippen LogP contribution in [0.3, 0.4) is 0 Å². The van der Waals surface area contributed by atoms with Crippen LogP contribution in [0.4, 0.5) is 4.79 Å². The van der Waals surface area contributed by atoms with E-state index in [2.05, 4.69) is 15.5 Å². The number of piperazine rings is 1. The quantitative estimate of drug-likeness (QED) is 0.415. The molecule has 0 saturated carbocycles. The van der Waals surface area contributed by atoms with Crippen LogP contribution < -0.4 is 5.32 Å². The zero-order valence-electron chi connectivity index (χ0n) is 25.1. The number of aliphatic hydroxyl groups is 1. The molecule has 1 aliphatic rings. The van der Waals surface area contributed by atoms with Gasteiger partial charge < -0.3 is 25.0 Å². The SMILES string of the molecule is CC(C)CC(CO)NC(=O)c1nnc(C(=O)N2CCN(C(=O)OC(C)(C)C)CC2)cc1Cc1cccc2ccccc12. The summed E-state index contributed by atoms with van der Waals surface area (Å²) in [5, 5.41) is 23.2. The molecule has 224 valence electrons. The second-order valence-corrected chi connectivity index (χ2v) is 12.2. The summed E-state index contributed by atoms with van der Waals surface area (Å²) < 4.78 is 5.46. The Hall–Kier alpha value is -4.05. The number of amides is 3. The number of fused-ring (bicyclic) bond motifs is 1. The van der Waals surface area contributed by atoms with E-state index in [9.17, 15) is 19.5 Å². The lowest BCUT2D eigenvalue weighted by Crippen LogP contribution is -2.51. The van der Waals surface area contributed by atoms with Gasteiger partial charge in [-0.15, -0.1) is 10.2 Å². The molecule has 0 spiro atoms. The van der Waals surface area contributed by atoms with Crippen molar-refractivity contribution in [2.45, 2.75) is 59.1 Å². The van der Waals surface area contributed by atoms with Gasteiger partial charge in [-0.2, -0.15) is 0 Å². The molecular formula is C32H41N5O5. The minimum Gasteiger partial charge on any atom is -0.444 e. The minimum atomic E-state index is -0.597. The highest BCUT2D eigenvalue weighted by atomic mass is 16.6. The van der Waals surface area contributed by atoms with Crippen LogP contribution in [-0.2, 0) is 11.2 Å². The molecule has 2 heterocycles. The molecule has 42 heavy (non-hydrogen) atoms. The molecule has 1 atom stereocenters. The van der Waals surface area contributed by atoms with Crippen molar-refractivity contribution < 1.29 is 24.2 Å². The average molecular weight is 576 g/mol. The van der Waals surface area contributed by atoms with Crippen LogP contribution in [0.2, 0.25) is 0 Å². The second-order valence-electron chi connectivity index (χ2n) is 12.2. The maximum atomic E-state index is 13.5. The topological polar surface area (TPSA) is 125 Å². The van der Waals surface area contributed by atoms with E-state index in [0.717, 1.165) is 16.3 Å². The molecule has 1 fully saturated rings. The summed E-state index contributed by atoms with van der Waals surface area (Å²) in [6.07, 6.45) is 0.571. The molecule has 0 aliphatic carbocycles. The smallest absolute Gasteiger partial charge is 0.410 e. The van der Waals surface area contributed by atoms with Crippen LogP contribution in [0.5, 0.6) is 0 Å². The van der Waals surface area contributed by atoms with E-state index in [1.54, 1.807) is 15.9 Å². The molecule has 3 aromatic rings. The second kappa shape index (κ2) is 13.3. The third-order valence-corrected chi connectivity index (χ3v) is 7.10. The van der Waals surface area contributed by atoms with Crippen molar-refractivity contribution in [2.75, 3.05) is 32.8 Å². The highest BCUT2D eigenvalue weighted by molar-refractivity contribution is 5.97. The zero-order chi connectivity index (χ0) is 30.4. The van der Waals surface area contributed by atoms with E-state index >= 15 is 0 Å². The summed E-state index contributed by atoms with van der Waals surface area (Å²) in [6.45, 7) is 10.6. The Labute approximate surface area is 247 Å². The first-order chi connectivity index (χ1) is 19.9. The number of carbonyl (C=O) groups is 3. The maximum Gasteiger partial charge on any atom is 0.410 e. The van der Waals surface area contributed by atoms with E-state index in [-0.39, 0.29) is 29.8 Å². The Kier molecular flexibility index (Phi) is 9.78. The van der Waals surface area contributed by atoms with E-state index in [1.807, 2.05) is 77.1 Å². The molecule has 1 saturated heterocycles. The van der Waals surface area contributed by atoms with E-state index in [4.69, 9.17) is 4.74 Å². The first kappa shape index (κ1) is 30.9. The van der Waals surface area contributed by atoms with Crippen LogP contribution in [-0.4, -0.2) is 87.4 Å². The van der Waals surface area contributed by atoms with Crippen molar-refractivity contribution >= 4 is 28.7 Å². The fraction of sp³-hybridized carbons (Fsp3) is 0.469. The van der Waals surface area contributed by atoms with E-state index in [1.165, 1.54) is 0 Å². The molecule has 2 aromatic carbocycles. The molecule has 1 aromatic heterocycles. The Morgan fingerprint density at radius 2 is 1.62 bits per heavy atom. The molecular weight excluding hydrogens is 534 g/mol. The first-order valence-electron chi connectivity index (χ1n) is 14.5. The van der Waals surface area contributed by atoms with Crippen molar-refractivity contribution in [3.63, 3.8) is 0 Å². The number of hydrogen-bond acceptors (Lipinski definition) is 7. The lowest BCUT2D eigenvalue weighted by Gasteiger charge is -2.35. The molecule has 2 N–H and O–H groups in total. The molecule has 0 radical (unpaired) electrons. The molecule has 0 bridgehead atoms. The zero-order valence-corrected chi connectivity index (χ0v) is 25.1. The summed E-state index contributed by atoms with van der Waals surface area (Å²) in [7, 11) is 0. The van der Waals surface area contributed by atoms with Gasteiger partial charge in [0.05, 0.1) is 12.6 Å². The van der Waals surface area contributed by atoms with Gasteiger partial charge >= 0.3 is 6.09 Å².